The number of hydrogen-bond donors (Lipinski definition) is 3. The van der Waals surface area contributed by atoms with E-state index in [1.165, 1.54) is 0 Å². The summed E-state index contributed by atoms with van der Waals surface area (Å²) >= 11 is 1.57. The SMILES string of the molecule is Cc1cnc(C(C)NC(C)C(=O)NC(N)=O)s1. The maximum Gasteiger partial charge on any atom is 0.318 e. The largest absolute Gasteiger partial charge is 0.351 e. The van der Waals surface area contributed by atoms with Crippen molar-refractivity contribution >= 4 is 23.3 Å². The van der Waals surface area contributed by atoms with Gasteiger partial charge in [0.2, 0.25) is 5.91 Å². The number of nitrogens with zero attached hydrogens (tertiary/aromatic N) is 1. The molecule has 2 unspecified atom stereocenters. The Balaban J connectivity index is 2.53. The molecule has 17 heavy (non-hydrogen) atoms. The van der Waals surface area contributed by atoms with Gasteiger partial charge < -0.3 is 5.73 Å². The molecule has 0 aliphatic heterocycles. The Morgan fingerprint density at radius 1 is 1.47 bits per heavy atom. The number of carbonyl (C=O) groups is 2. The Labute approximate surface area is 104 Å². The molecule has 3 amide bonds. The van der Waals surface area contributed by atoms with E-state index in [9.17, 15) is 9.59 Å². The average molecular weight is 256 g/mol. The number of amides is 3. The van der Waals surface area contributed by atoms with Gasteiger partial charge in [-0.05, 0) is 20.8 Å². The molecule has 4 N–H and O–H groups in total. The Bertz CT molecular complexity index is 418. The first-order valence-corrected chi connectivity index (χ1v) is 6.00. The highest BCUT2D eigenvalue weighted by atomic mass is 32.1. The maximum absolute atomic E-state index is 11.4. The summed E-state index contributed by atoms with van der Waals surface area (Å²) in [6, 6.07) is -1.41. The third-order valence-corrected chi connectivity index (χ3v) is 3.24. The summed E-state index contributed by atoms with van der Waals surface area (Å²) in [7, 11) is 0. The van der Waals surface area contributed by atoms with E-state index in [4.69, 9.17) is 5.73 Å². The highest BCUT2D eigenvalue weighted by Crippen LogP contribution is 2.19. The first kappa shape index (κ1) is 13.6. The minimum atomic E-state index is -0.846. The van der Waals surface area contributed by atoms with Crippen molar-refractivity contribution in [2.75, 3.05) is 0 Å². The molecule has 6 nitrogen and oxygen atoms in total. The number of rotatable bonds is 4. The third-order valence-electron chi connectivity index (χ3n) is 2.15. The van der Waals surface area contributed by atoms with Crippen LogP contribution in [0.1, 0.15) is 29.8 Å². The number of aryl methyl sites for hydroxylation is 1. The van der Waals surface area contributed by atoms with Gasteiger partial charge in [0.25, 0.3) is 0 Å². The number of aromatic nitrogens is 1. The summed E-state index contributed by atoms with van der Waals surface area (Å²) in [6.07, 6.45) is 1.78. The zero-order valence-electron chi connectivity index (χ0n) is 9.98. The average Bonchev–Trinajstić information content (AvgIpc) is 2.63. The summed E-state index contributed by atoms with van der Waals surface area (Å²) in [6.45, 7) is 5.54. The van der Waals surface area contributed by atoms with Crippen LogP contribution in [0.5, 0.6) is 0 Å². The van der Waals surface area contributed by atoms with E-state index in [-0.39, 0.29) is 6.04 Å². The molecule has 0 saturated heterocycles. The lowest BCUT2D eigenvalue weighted by Crippen LogP contribution is -2.47. The summed E-state index contributed by atoms with van der Waals surface area (Å²) in [5, 5.41) is 5.97. The lowest BCUT2D eigenvalue weighted by atomic mass is 10.2. The second kappa shape index (κ2) is 5.74. The Hall–Kier alpha value is -1.47. The van der Waals surface area contributed by atoms with E-state index < -0.39 is 18.0 Å². The normalized spacial score (nSPS) is 14.1. The molecule has 1 aromatic heterocycles. The van der Waals surface area contributed by atoms with Crippen molar-refractivity contribution < 1.29 is 9.59 Å². The fourth-order valence-corrected chi connectivity index (χ4v) is 2.11. The zero-order valence-corrected chi connectivity index (χ0v) is 10.8. The Morgan fingerprint density at radius 2 is 2.12 bits per heavy atom. The van der Waals surface area contributed by atoms with Gasteiger partial charge in [-0.1, -0.05) is 0 Å². The molecular formula is C10H16N4O2S. The highest BCUT2D eigenvalue weighted by Gasteiger charge is 2.18. The molecule has 1 rings (SSSR count). The first-order valence-electron chi connectivity index (χ1n) is 5.19. The number of primary amides is 1. The fourth-order valence-electron chi connectivity index (χ4n) is 1.32. The summed E-state index contributed by atoms with van der Waals surface area (Å²) < 4.78 is 0. The second-order valence-electron chi connectivity index (χ2n) is 3.77. The molecule has 0 radical (unpaired) electrons. The molecule has 0 bridgehead atoms. The number of hydrogen-bond acceptors (Lipinski definition) is 5. The maximum atomic E-state index is 11.4. The van der Waals surface area contributed by atoms with E-state index in [1.54, 1.807) is 24.5 Å². The predicted octanol–water partition coefficient (Wildman–Crippen LogP) is 0.686. The van der Waals surface area contributed by atoms with Crippen LogP contribution in [0.25, 0.3) is 0 Å². The van der Waals surface area contributed by atoms with Crippen LogP contribution >= 0.6 is 11.3 Å². The molecule has 0 saturated carbocycles. The van der Waals surface area contributed by atoms with E-state index in [0.717, 1.165) is 9.88 Å². The quantitative estimate of drug-likeness (QED) is 0.738. The van der Waals surface area contributed by atoms with Crippen LogP contribution in [0, 0.1) is 6.92 Å². The smallest absolute Gasteiger partial charge is 0.318 e. The molecule has 0 fully saturated rings. The van der Waals surface area contributed by atoms with Crippen molar-refractivity contribution in [2.45, 2.75) is 32.9 Å². The highest BCUT2D eigenvalue weighted by molar-refractivity contribution is 7.11. The lowest BCUT2D eigenvalue weighted by Gasteiger charge is -2.17. The van der Waals surface area contributed by atoms with E-state index in [2.05, 4.69) is 10.3 Å². The van der Waals surface area contributed by atoms with Gasteiger partial charge in [0.05, 0.1) is 12.1 Å². The zero-order chi connectivity index (χ0) is 13.0. The van der Waals surface area contributed by atoms with Crippen molar-refractivity contribution in [3.8, 4) is 0 Å². The van der Waals surface area contributed by atoms with Crippen molar-refractivity contribution in [2.24, 2.45) is 5.73 Å². The van der Waals surface area contributed by atoms with Gasteiger partial charge in [0.15, 0.2) is 0 Å². The van der Waals surface area contributed by atoms with Gasteiger partial charge in [0.1, 0.15) is 5.01 Å². The van der Waals surface area contributed by atoms with Crippen LogP contribution in [0.2, 0.25) is 0 Å². The van der Waals surface area contributed by atoms with Crippen molar-refractivity contribution in [3.63, 3.8) is 0 Å². The number of imide groups is 1. The molecule has 2 atom stereocenters. The monoisotopic (exact) mass is 256 g/mol. The van der Waals surface area contributed by atoms with Crippen molar-refractivity contribution in [3.05, 3.63) is 16.1 Å². The summed E-state index contributed by atoms with van der Waals surface area (Å²) in [5.41, 5.74) is 4.87. The van der Waals surface area contributed by atoms with Crippen molar-refractivity contribution in [1.82, 2.24) is 15.6 Å². The predicted molar refractivity (Wildman–Crippen MR) is 65.6 cm³/mol. The third kappa shape index (κ3) is 4.12. The van der Waals surface area contributed by atoms with Gasteiger partial charge in [-0.3, -0.25) is 15.4 Å². The van der Waals surface area contributed by atoms with E-state index in [1.807, 2.05) is 19.2 Å². The van der Waals surface area contributed by atoms with Crippen LogP contribution in [-0.2, 0) is 4.79 Å². The van der Waals surface area contributed by atoms with Gasteiger partial charge in [-0.25, -0.2) is 9.78 Å². The van der Waals surface area contributed by atoms with Crippen molar-refractivity contribution in [1.29, 1.82) is 0 Å². The van der Waals surface area contributed by atoms with Crippen LogP contribution in [0.15, 0.2) is 6.20 Å². The van der Waals surface area contributed by atoms with Gasteiger partial charge in [0, 0.05) is 11.1 Å². The standard InChI is InChI=1S/C10H16N4O2S/c1-5-4-12-9(17-5)7(3)13-6(2)8(15)14-10(11)16/h4,6-7,13H,1-3H3,(H3,11,14,15,16). The van der Waals surface area contributed by atoms with Crippen LogP contribution in [-0.4, -0.2) is 23.0 Å². The molecule has 0 spiro atoms. The van der Waals surface area contributed by atoms with E-state index in [0.29, 0.717) is 0 Å². The minimum absolute atomic E-state index is 0.0534. The number of thiazole rings is 1. The van der Waals surface area contributed by atoms with Crippen LogP contribution in [0.4, 0.5) is 4.79 Å². The van der Waals surface area contributed by atoms with E-state index >= 15 is 0 Å². The van der Waals surface area contributed by atoms with Gasteiger partial charge in [-0.2, -0.15) is 0 Å². The molecule has 0 aromatic carbocycles. The molecule has 1 heterocycles. The molecular weight excluding hydrogens is 240 g/mol. The molecule has 0 aliphatic carbocycles. The summed E-state index contributed by atoms with van der Waals surface area (Å²) in [4.78, 5) is 27.3. The van der Waals surface area contributed by atoms with Gasteiger partial charge >= 0.3 is 6.03 Å². The molecule has 94 valence electrons. The number of carbonyl (C=O) groups excluding carboxylic acids is 2. The topological polar surface area (TPSA) is 97.1 Å². The molecule has 1 aromatic rings. The molecule has 0 aliphatic rings. The summed E-state index contributed by atoms with van der Waals surface area (Å²) in [5.74, 6) is -0.447. The second-order valence-corrected chi connectivity index (χ2v) is 5.04. The Kier molecular flexibility index (Phi) is 4.59. The van der Waals surface area contributed by atoms with Crippen LogP contribution < -0.4 is 16.4 Å². The van der Waals surface area contributed by atoms with Gasteiger partial charge in [-0.15, -0.1) is 11.3 Å². The number of nitrogens with one attached hydrogen (secondary N) is 2. The van der Waals surface area contributed by atoms with Crippen LogP contribution in [0.3, 0.4) is 0 Å². The fraction of sp³-hybridized carbons (Fsp3) is 0.500. The Morgan fingerprint density at radius 3 is 2.59 bits per heavy atom. The minimum Gasteiger partial charge on any atom is -0.351 e. The number of urea groups is 1. The first-order chi connectivity index (χ1) is 7.90. The number of nitrogens with two attached hydrogens (primary N) is 1. The lowest BCUT2D eigenvalue weighted by molar-refractivity contribution is -0.121. The molecule has 7 heteroatoms.